The lowest BCUT2D eigenvalue weighted by Gasteiger charge is -2.28. The molecule has 2 N–H and O–H groups in total. The molecule has 2 aliphatic carbocycles. The number of allylic oxidation sites excluding steroid dienone is 4. The number of benzene rings is 1. The molecule has 0 aromatic heterocycles. The highest BCUT2D eigenvalue weighted by Gasteiger charge is 2.40. The molecule has 0 bridgehead atoms. The third-order valence-corrected chi connectivity index (χ3v) is 7.92. The fourth-order valence-corrected chi connectivity index (χ4v) is 5.72. The maximum atomic E-state index is 13.8. The van der Waals surface area contributed by atoms with Gasteiger partial charge in [-0.15, -0.1) is 0 Å². The number of Topliss-reactive ketones (excluding diaryl/α,β-unsaturated/α-hetero) is 2. The summed E-state index contributed by atoms with van der Waals surface area (Å²) in [6, 6.07) is 7.88. The summed E-state index contributed by atoms with van der Waals surface area (Å²) in [7, 11) is 0. The minimum absolute atomic E-state index is 0.0137. The van der Waals surface area contributed by atoms with Crippen LogP contribution in [0.2, 0.25) is 0 Å². The number of ketones is 2. The van der Waals surface area contributed by atoms with E-state index in [1.165, 1.54) is 10.5 Å². The minimum atomic E-state index is -0.524. The zero-order valence-electron chi connectivity index (χ0n) is 23.5. The van der Waals surface area contributed by atoms with Crippen LogP contribution in [0.1, 0.15) is 76.3 Å². The number of hydrogen-bond acceptors (Lipinski definition) is 6. The Hall–Kier alpha value is -3.06. The van der Waals surface area contributed by atoms with Gasteiger partial charge in [0.05, 0.1) is 6.61 Å². The van der Waals surface area contributed by atoms with Crippen molar-refractivity contribution in [3.8, 4) is 0 Å². The molecule has 39 heavy (non-hydrogen) atoms. The van der Waals surface area contributed by atoms with E-state index in [1.54, 1.807) is 6.92 Å². The van der Waals surface area contributed by atoms with Gasteiger partial charge in [-0.3, -0.25) is 19.2 Å². The number of carbonyl (C=O) groups excluding carboxylic acids is 4. The van der Waals surface area contributed by atoms with Crippen molar-refractivity contribution in [2.75, 3.05) is 19.7 Å². The summed E-state index contributed by atoms with van der Waals surface area (Å²) in [6.07, 6.45) is 11.3. The molecule has 1 saturated carbocycles. The Morgan fingerprint density at radius 2 is 1.77 bits per heavy atom. The van der Waals surface area contributed by atoms with Crippen molar-refractivity contribution in [1.82, 2.24) is 4.90 Å². The summed E-state index contributed by atoms with van der Waals surface area (Å²) in [5.74, 6) is -1.59. The summed E-state index contributed by atoms with van der Waals surface area (Å²) < 4.78 is 5.15. The Kier molecular flexibility index (Phi) is 12.1. The highest BCUT2D eigenvalue weighted by molar-refractivity contribution is 5.95. The molecule has 1 aromatic carbocycles. The van der Waals surface area contributed by atoms with Crippen LogP contribution in [0.4, 0.5) is 0 Å². The summed E-state index contributed by atoms with van der Waals surface area (Å²) in [6.45, 7) is 4.62. The lowest BCUT2D eigenvalue weighted by atomic mass is 9.78. The molecule has 212 valence electrons. The van der Waals surface area contributed by atoms with E-state index >= 15 is 0 Å². The van der Waals surface area contributed by atoms with Gasteiger partial charge in [-0.25, -0.2) is 0 Å². The Labute approximate surface area is 232 Å². The first-order valence-corrected chi connectivity index (χ1v) is 14.5. The molecule has 1 fully saturated rings. The topological polar surface area (TPSA) is 107 Å². The predicted octanol–water partition coefficient (Wildman–Crippen LogP) is 4.72. The largest absolute Gasteiger partial charge is 0.465 e. The Bertz CT molecular complexity index is 1060. The van der Waals surface area contributed by atoms with E-state index in [0.717, 1.165) is 30.4 Å². The normalized spacial score (nSPS) is 21.0. The van der Waals surface area contributed by atoms with Crippen molar-refractivity contribution >= 4 is 23.4 Å². The quantitative estimate of drug-likeness (QED) is 0.272. The SMILES string of the molecule is CCCC1CC(=O)CC(CCC2=CC=CC2)C(CC(=O)N(CCc2ccc(CN)cc2)CC(=O)OCC)C1=O. The van der Waals surface area contributed by atoms with Crippen LogP contribution >= 0.6 is 0 Å². The van der Waals surface area contributed by atoms with Crippen molar-refractivity contribution in [2.24, 2.45) is 23.5 Å². The first kappa shape index (κ1) is 30.5. The number of hydrogen-bond donors (Lipinski definition) is 1. The van der Waals surface area contributed by atoms with Crippen LogP contribution in [-0.4, -0.2) is 48.0 Å². The lowest BCUT2D eigenvalue weighted by Crippen LogP contribution is -2.41. The van der Waals surface area contributed by atoms with Gasteiger partial charge in [-0.2, -0.15) is 0 Å². The molecular weight excluding hydrogens is 492 g/mol. The summed E-state index contributed by atoms with van der Waals surface area (Å²) in [4.78, 5) is 54.3. The average molecular weight is 537 g/mol. The maximum Gasteiger partial charge on any atom is 0.325 e. The number of ether oxygens (including phenoxy) is 1. The molecule has 3 atom stereocenters. The van der Waals surface area contributed by atoms with Gasteiger partial charge in [0, 0.05) is 44.2 Å². The third kappa shape index (κ3) is 9.27. The van der Waals surface area contributed by atoms with Crippen molar-refractivity contribution in [3.63, 3.8) is 0 Å². The number of nitrogens with two attached hydrogens (primary N) is 1. The highest BCUT2D eigenvalue weighted by atomic mass is 16.5. The second-order valence-electron chi connectivity index (χ2n) is 10.8. The van der Waals surface area contributed by atoms with Crippen molar-refractivity contribution in [3.05, 3.63) is 59.2 Å². The molecule has 3 rings (SSSR count). The second-order valence-corrected chi connectivity index (χ2v) is 10.8. The Morgan fingerprint density at radius 3 is 2.41 bits per heavy atom. The van der Waals surface area contributed by atoms with Gasteiger partial charge in [0.1, 0.15) is 18.1 Å². The predicted molar refractivity (Wildman–Crippen MR) is 152 cm³/mol. The van der Waals surface area contributed by atoms with Gasteiger partial charge in [0.25, 0.3) is 0 Å². The van der Waals surface area contributed by atoms with E-state index in [1.807, 2.05) is 37.3 Å². The number of esters is 1. The van der Waals surface area contributed by atoms with E-state index in [0.29, 0.717) is 38.8 Å². The van der Waals surface area contributed by atoms with Crippen LogP contribution in [0.15, 0.2) is 48.1 Å². The number of amides is 1. The molecule has 0 saturated heterocycles. The van der Waals surface area contributed by atoms with E-state index in [9.17, 15) is 19.2 Å². The third-order valence-electron chi connectivity index (χ3n) is 7.92. The van der Waals surface area contributed by atoms with Crippen LogP contribution in [-0.2, 0) is 36.9 Å². The fourth-order valence-electron chi connectivity index (χ4n) is 5.72. The first-order chi connectivity index (χ1) is 18.8. The molecule has 0 aliphatic heterocycles. The fraction of sp³-hybridized carbons (Fsp3) is 0.562. The number of rotatable bonds is 14. The molecule has 0 heterocycles. The zero-order chi connectivity index (χ0) is 28.2. The van der Waals surface area contributed by atoms with Crippen molar-refractivity contribution < 1.29 is 23.9 Å². The van der Waals surface area contributed by atoms with Gasteiger partial charge >= 0.3 is 5.97 Å². The van der Waals surface area contributed by atoms with Gasteiger partial charge in [0.15, 0.2) is 0 Å². The van der Waals surface area contributed by atoms with E-state index in [4.69, 9.17) is 10.5 Å². The van der Waals surface area contributed by atoms with Crippen molar-refractivity contribution in [2.45, 2.75) is 78.2 Å². The van der Waals surface area contributed by atoms with Crippen LogP contribution in [0.25, 0.3) is 0 Å². The van der Waals surface area contributed by atoms with E-state index in [-0.39, 0.29) is 55.3 Å². The maximum absolute atomic E-state index is 13.8. The zero-order valence-corrected chi connectivity index (χ0v) is 23.5. The van der Waals surface area contributed by atoms with Crippen LogP contribution in [0.5, 0.6) is 0 Å². The van der Waals surface area contributed by atoms with Gasteiger partial charge in [-0.1, -0.05) is 61.4 Å². The smallest absolute Gasteiger partial charge is 0.325 e. The second kappa shape index (κ2) is 15.5. The molecule has 0 spiro atoms. The Balaban J connectivity index is 1.78. The monoisotopic (exact) mass is 536 g/mol. The van der Waals surface area contributed by atoms with Crippen LogP contribution in [0.3, 0.4) is 0 Å². The number of carbonyl (C=O) groups is 4. The molecule has 1 aromatic rings. The minimum Gasteiger partial charge on any atom is -0.465 e. The molecule has 1 amide bonds. The van der Waals surface area contributed by atoms with Gasteiger partial charge in [-0.05, 0) is 56.1 Å². The Morgan fingerprint density at radius 1 is 1.03 bits per heavy atom. The summed E-state index contributed by atoms with van der Waals surface area (Å²) in [5, 5.41) is 0. The molecule has 7 heteroatoms. The first-order valence-electron chi connectivity index (χ1n) is 14.5. The summed E-state index contributed by atoms with van der Waals surface area (Å²) >= 11 is 0. The molecule has 7 nitrogen and oxygen atoms in total. The molecular formula is C32H44N2O5. The van der Waals surface area contributed by atoms with Crippen molar-refractivity contribution in [1.29, 1.82) is 0 Å². The lowest BCUT2D eigenvalue weighted by molar-refractivity contribution is -0.149. The van der Waals surface area contributed by atoms with E-state index < -0.39 is 11.9 Å². The molecule has 3 unspecified atom stereocenters. The van der Waals surface area contributed by atoms with Crippen LogP contribution in [0, 0.1) is 17.8 Å². The van der Waals surface area contributed by atoms with E-state index in [2.05, 4.69) is 12.2 Å². The number of nitrogens with zero attached hydrogens (tertiary/aromatic N) is 1. The molecule has 2 aliphatic rings. The van der Waals surface area contributed by atoms with Gasteiger partial charge in [0.2, 0.25) is 5.91 Å². The molecule has 0 radical (unpaired) electrons. The highest BCUT2D eigenvalue weighted by Crippen LogP contribution is 2.36. The van der Waals surface area contributed by atoms with Crippen LogP contribution < -0.4 is 5.73 Å². The summed E-state index contributed by atoms with van der Waals surface area (Å²) in [5.41, 5.74) is 9.05. The van der Waals surface area contributed by atoms with Gasteiger partial charge < -0.3 is 15.4 Å². The average Bonchev–Trinajstić information content (AvgIpc) is 3.42. The standard InChI is InChI=1S/C32H44N2O5/c1-3-7-27-19-28(35)18-26(15-14-23-8-5-6-9-23)29(32(27)38)20-30(36)34(22-31(37)39-4-2)17-16-24-10-12-25(21-33)13-11-24/h5-6,8,10-13,26-27,29H,3-4,7,9,14-22,33H2,1-2H3.